The van der Waals surface area contributed by atoms with Crippen molar-refractivity contribution in [1.82, 2.24) is 9.21 Å². The summed E-state index contributed by atoms with van der Waals surface area (Å²) in [6.45, 7) is 5.55. The predicted molar refractivity (Wildman–Crippen MR) is 102 cm³/mol. The van der Waals surface area contributed by atoms with Crippen molar-refractivity contribution in [3.8, 4) is 0 Å². The number of hydrogen-bond donors (Lipinski definition) is 0. The zero-order valence-electron chi connectivity index (χ0n) is 15.9. The van der Waals surface area contributed by atoms with Gasteiger partial charge in [0.15, 0.2) is 0 Å². The number of piperazine rings is 1. The molecule has 1 saturated carbocycles. The van der Waals surface area contributed by atoms with Gasteiger partial charge in [-0.1, -0.05) is 37.0 Å². The van der Waals surface area contributed by atoms with Crippen LogP contribution in [0.3, 0.4) is 0 Å². The fourth-order valence-electron chi connectivity index (χ4n) is 4.17. The Hall–Kier alpha value is -1.40. The quantitative estimate of drug-likeness (QED) is 0.809. The molecule has 1 aromatic carbocycles. The smallest absolute Gasteiger partial charge is 0.243 e. The highest BCUT2D eigenvalue weighted by Gasteiger charge is 2.31. The van der Waals surface area contributed by atoms with Crippen LogP contribution < -0.4 is 0 Å². The first-order valence-corrected chi connectivity index (χ1v) is 11.2. The summed E-state index contributed by atoms with van der Waals surface area (Å²) in [5, 5.41) is 0. The van der Waals surface area contributed by atoms with Gasteiger partial charge < -0.3 is 4.90 Å². The van der Waals surface area contributed by atoms with Gasteiger partial charge in [-0.3, -0.25) is 4.79 Å². The van der Waals surface area contributed by atoms with Crippen molar-refractivity contribution in [3.63, 3.8) is 0 Å². The van der Waals surface area contributed by atoms with Gasteiger partial charge in [-0.05, 0) is 44.2 Å². The molecule has 1 aliphatic heterocycles. The van der Waals surface area contributed by atoms with Gasteiger partial charge in [-0.15, -0.1) is 0 Å². The Bertz CT molecular complexity index is 746. The molecule has 1 aliphatic carbocycles. The van der Waals surface area contributed by atoms with Gasteiger partial charge >= 0.3 is 0 Å². The summed E-state index contributed by atoms with van der Waals surface area (Å²) >= 11 is 0. The summed E-state index contributed by atoms with van der Waals surface area (Å²) in [6, 6.07) is 5.43. The molecule has 1 aromatic rings. The van der Waals surface area contributed by atoms with Gasteiger partial charge in [-0.2, -0.15) is 4.31 Å². The first kappa shape index (κ1) is 19.4. The van der Waals surface area contributed by atoms with Crippen molar-refractivity contribution < 1.29 is 13.2 Å². The van der Waals surface area contributed by atoms with E-state index in [0.29, 0.717) is 43.4 Å². The van der Waals surface area contributed by atoms with E-state index in [1.54, 1.807) is 6.07 Å². The lowest BCUT2D eigenvalue weighted by molar-refractivity contribution is -0.133. The number of sulfonamides is 1. The van der Waals surface area contributed by atoms with E-state index in [0.717, 1.165) is 24.0 Å². The fraction of sp³-hybridized carbons (Fsp3) is 0.650. The number of hydrogen-bond acceptors (Lipinski definition) is 3. The van der Waals surface area contributed by atoms with Crippen molar-refractivity contribution in [3.05, 3.63) is 29.3 Å². The molecule has 5 nitrogen and oxygen atoms in total. The number of amides is 1. The van der Waals surface area contributed by atoms with E-state index in [-0.39, 0.29) is 5.91 Å². The van der Waals surface area contributed by atoms with Crippen molar-refractivity contribution in [2.24, 2.45) is 5.92 Å². The Morgan fingerprint density at radius 3 is 2.31 bits per heavy atom. The molecule has 0 radical (unpaired) electrons. The molecule has 0 aromatic heterocycles. The molecule has 26 heavy (non-hydrogen) atoms. The molecule has 1 amide bonds. The SMILES string of the molecule is Cc1ccc(S(=O)(=O)N2CCN(C(=O)CC3CCCCC3)CC2)c(C)c1. The minimum Gasteiger partial charge on any atom is -0.340 e. The van der Waals surface area contributed by atoms with Crippen LogP contribution in [0.1, 0.15) is 49.7 Å². The second kappa shape index (κ2) is 8.09. The van der Waals surface area contributed by atoms with E-state index in [1.165, 1.54) is 23.6 Å². The molecule has 2 aliphatic rings. The average Bonchev–Trinajstić information content (AvgIpc) is 2.62. The van der Waals surface area contributed by atoms with E-state index in [4.69, 9.17) is 0 Å². The monoisotopic (exact) mass is 378 g/mol. The minimum absolute atomic E-state index is 0.195. The Labute approximate surface area is 157 Å². The summed E-state index contributed by atoms with van der Waals surface area (Å²) in [7, 11) is -3.49. The normalized spacial score (nSPS) is 20.3. The third-order valence-electron chi connectivity index (χ3n) is 5.73. The number of benzene rings is 1. The van der Waals surface area contributed by atoms with Crippen LogP contribution in [-0.4, -0.2) is 49.7 Å². The van der Waals surface area contributed by atoms with E-state index in [9.17, 15) is 13.2 Å². The maximum atomic E-state index is 12.9. The van der Waals surface area contributed by atoms with Crippen LogP contribution >= 0.6 is 0 Å². The highest BCUT2D eigenvalue weighted by Crippen LogP contribution is 2.27. The Morgan fingerprint density at radius 1 is 1.04 bits per heavy atom. The average molecular weight is 379 g/mol. The van der Waals surface area contributed by atoms with Gasteiger partial charge in [0.25, 0.3) is 0 Å². The zero-order chi connectivity index (χ0) is 18.7. The molecule has 144 valence electrons. The Morgan fingerprint density at radius 2 is 1.69 bits per heavy atom. The van der Waals surface area contributed by atoms with Crippen LogP contribution in [0.15, 0.2) is 23.1 Å². The van der Waals surface area contributed by atoms with Crippen molar-refractivity contribution in [2.45, 2.75) is 57.3 Å². The van der Waals surface area contributed by atoms with Crippen molar-refractivity contribution in [2.75, 3.05) is 26.2 Å². The van der Waals surface area contributed by atoms with Gasteiger partial charge in [0, 0.05) is 32.6 Å². The third kappa shape index (κ3) is 4.29. The number of aryl methyl sites for hydroxylation is 2. The molecule has 6 heteroatoms. The number of carbonyl (C=O) groups excluding carboxylic acids is 1. The van der Waals surface area contributed by atoms with Gasteiger partial charge in [0.05, 0.1) is 4.90 Å². The first-order valence-electron chi connectivity index (χ1n) is 9.73. The molecule has 1 saturated heterocycles. The van der Waals surface area contributed by atoms with Crippen molar-refractivity contribution in [1.29, 1.82) is 0 Å². The Kier molecular flexibility index (Phi) is 6.03. The fourth-order valence-corrected chi connectivity index (χ4v) is 5.80. The second-order valence-corrected chi connectivity index (χ2v) is 9.67. The summed E-state index contributed by atoms with van der Waals surface area (Å²) in [6.07, 6.45) is 6.71. The van der Waals surface area contributed by atoms with Gasteiger partial charge in [0.2, 0.25) is 15.9 Å². The highest BCUT2D eigenvalue weighted by molar-refractivity contribution is 7.89. The molecule has 2 fully saturated rings. The number of rotatable bonds is 4. The third-order valence-corrected chi connectivity index (χ3v) is 7.79. The molecule has 0 spiro atoms. The van der Waals surface area contributed by atoms with E-state index >= 15 is 0 Å². The van der Waals surface area contributed by atoms with E-state index < -0.39 is 10.0 Å². The molecule has 0 atom stereocenters. The predicted octanol–water partition coefficient (Wildman–Crippen LogP) is 3.11. The van der Waals surface area contributed by atoms with Crippen LogP contribution in [0.2, 0.25) is 0 Å². The highest BCUT2D eigenvalue weighted by atomic mass is 32.2. The number of carbonyl (C=O) groups is 1. The van der Waals surface area contributed by atoms with Gasteiger partial charge in [0.1, 0.15) is 0 Å². The molecule has 3 rings (SSSR count). The molecular formula is C20H30N2O3S. The van der Waals surface area contributed by atoms with Crippen molar-refractivity contribution >= 4 is 15.9 Å². The lowest BCUT2D eigenvalue weighted by atomic mass is 9.86. The lowest BCUT2D eigenvalue weighted by Gasteiger charge is -2.35. The molecular weight excluding hydrogens is 348 g/mol. The van der Waals surface area contributed by atoms with Gasteiger partial charge in [-0.25, -0.2) is 8.42 Å². The van der Waals surface area contributed by atoms with Crippen LogP contribution in [0, 0.1) is 19.8 Å². The Balaban J connectivity index is 1.59. The number of nitrogens with zero attached hydrogens (tertiary/aromatic N) is 2. The summed E-state index contributed by atoms with van der Waals surface area (Å²) in [5.74, 6) is 0.716. The minimum atomic E-state index is -3.49. The zero-order valence-corrected chi connectivity index (χ0v) is 16.7. The molecule has 0 unspecified atom stereocenters. The molecule has 0 N–H and O–H groups in total. The van der Waals surface area contributed by atoms with Crippen LogP contribution in [0.25, 0.3) is 0 Å². The maximum absolute atomic E-state index is 12.9. The largest absolute Gasteiger partial charge is 0.340 e. The van der Waals surface area contributed by atoms with Crippen LogP contribution in [0.4, 0.5) is 0 Å². The van der Waals surface area contributed by atoms with E-state index in [2.05, 4.69) is 0 Å². The summed E-state index contributed by atoms with van der Waals surface area (Å²) in [5.41, 5.74) is 1.83. The summed E-state index contributed by atoms with van der Waals surface area (Å²) < 4.78 is 27.4. The standard InChI is InChI=1S/C20H30N2O3S/c1-16-8-9-19(17(2)14-16)26(24,25)22-12-10-21(11-13-22)20(23)15-18-6-4-3-5-7-18/h8-9,14,18H,3-7,10-13,15H2,1-2H3. The second-order valence-electron chi connectivity index (χ2n) is 7.76. The summed E-state index contributed by atoms with van der Waals surface area (Å²) in [4.78, 5) is 14.8. The first-order chi connectivity index (χ1) is 12.4. The van der Waals surface area contributed by atoms with E-state index in [1.807, 2.05) is 30.9 Å². The molecule has 1 heterocycles. The lowest BCUT2D eigenvalue weighted by Crippen LogP contribution is -2.50. The molecule has 0 bridgehead atoms. The maximum Gasteiger partial charge on any atom is 0.243 e. The topological polar surface area (TPSA) is 57.7 Å². The van der Waals surface area contributed by atoms with Crippen LogP contribution in [-0.2, 0) is 14.8 Å². The van der Waals surface area contributed by atoms with Crippen LogP contribution in [0.5, 0.6) is 0 Å².